The van der Waals surface area contributed by atoms with E-state index in [2.05, 4.69) is 15.0 Å². The number of aryl methyl sites for hydroxylation is 2. The van der Waals surface area contributed by atoms with Gasteiger partial charge in [0.25, 0.3) is 0 Å². The first-order chi connectivity index (χ1) is 15.5. The number of piperazine rings is 1. The van der Waals surface area contributed by atoms with Crippen LogP contribution in [0.1, 0.15) is 38.7 Å². The fourth-order valence-corrected chi connectivity index (χ4v) is 4.34. The fraction of sp³-hybridized carbons (Fsp3) is 0.333. The first-order valence-electron chi connectivity index (χ1n) is 10.7. The van der Waals surface area contributed by atoms with Crippen molar-refractivity contribution < 1.29 is 23.3 Å². The van der Waals surface area contributed by atoms with E-state index in [0.717, 1.165) is 49.7 Å². The Morgan fingerprint density at radius 1 is 1.03 bits per heavy atom. The third-order valence-electron chi connectivity index (χ3n) is 6.22. The van der Waals surface area contributed by atoms with E-state index in [9.17, 15) is 9.90 Å². The lowest BCUT2D eigenvalue weighted by Crippen LogP contribution is -2.45. The number of phenols is 1. The van der Waals surface area contributed by atoms with Gasteiger partial charge in [0.2, 0.25) is 5.78 Å². The molecule has 1 aromatic carbocycles. The number of aromatic hydroxyl groups is 1. The third kappa shape index (κ3) is 3.72. The maximum atomic E-state index is 12.9. The van der Waals surface area contributed by atoms with Crippen molar-refractivity contribution in [2.75, 3.05) is 26.2 Å². The van der Waals surface area contributed by atoms with Crippen molar-refractivity contribution in [1.82, 2.24) is 15.0 Å². The third-order valence-corrected chi connectivity index (χ3v) is 6.22. The van der Waals surface area contributed by atoms with Gasteiger partial charge >= 0.3 is 0 Å². The molecule has 1 aliphatic heterocycles. The molecule has 1 aliphatic rings. The molecule has 5 rings (SSSR count). The number of carbonyl (C=O) groups excluding carboxylic acids is 1. The molecule has 0 amide bonds. The van der Waals surface area contributed by atoms with Crippen LogP contribution in [0.3, 0.4) is 0 Å². The lowest BCUT2D eigenvalue weighted by Gasteiger charge is -2.34. The Hall–Kier alpha value is -3.36. The first-order valence-corrected chi connectivity index (χ1v) is 10.7. The summed E-state index contributed by atoms with van der Waals surface area (Å²) < 4.78 is 16.2. The molecule has 0 aliphatic carbocycles. The zero-order valence-corrected chi connectivity index (χ0v) is 18.1. The average Bonchev–Trinajstić information content (AvgIpc) is 3.54. The highest BCUT2D eigenvalue weighted by atomic mass is 16.5. The number of fused-ring (bicyclic) bond motifs is 1. The molecule has 8 nitrogen and oxygen atoms in total. The van der Waals surface area contributed by atoms with E-state index >= 15 is 0 Å². The van der Waals surface area contributed by atoms with Crippen LogP contribution in [0.2, 0.25) is 0 Å². The summed E-state index contributed by atoms with van der Waals surface area (Å²) in [7, 11) is 0. The smallest absolute Gasteiger partial charge is 0.232 e. The van der Waals surface area contributed by atoms with Crippen molar-refractivity contribution in [1.29, 1.82) is 0 Å². The number of phenolic OH excluding ortho intramolecular Hbond substituents is 1. The minimum atomic E-state index is -0.259. The van der Waals surface area contributed by atoms with Gasteiger partial charge in [-0.15, -0.1) is 0 Å². The van der Waals surface area contributed by atoms with Crippen molar-refractivity contribution in [3.8, 4) is 5.75 Å². The maximum Gasteiger partial charge on any atom is 0.232 e. The number of hydrogen-bond acceptors (Lipinski definition) is 8. The molecule has 3 aromatic heterocycles. The lowest BCUT2D eigenvalue weighted by atomic mass is 10.0. The molecule has 4 aromatic rings. The number of hydrogen-bond donors (Lipinski definition) is 1. The predicted octanol–water partition coefficient (Wildman–Crippen LogP) is 3.89. The van der Waals surface area contributed by atoms with Crippen LogP contribution in [0.15, 0.2) is 50.1 Å². The Bertz CT molecular complexity index is 1230. The van der Waals surface area contributed by atoms with Crippen LogP contribution in [-0.2, 0) is 13.1 Å². The van der Waals surface area contributed by atoms with E-state index in [0.29, 0.717) is 28.6 Å². The minimum absolute atomic E-state index is 0.158. The summed E-state index contributed by atoms with van der Waals surface area (Å²) in [5.41, 5.74) is 3.77. The second kappa shape index (κ2) is 8.29. The van der Waals surface area contributed by atoms with Gasteiger partial charge in [-0.3, -0.25) is 14.6 Å². The van der Waals surface area contributed by atoms with Gasteiger partial charge in [-0.25, -0.2) is 0 Å². The Labute approximate surface area is 185 Å². The van der Waals surface area contributed by atoms with Gasteiger partial charge in [0.05, 0.1) is 17.5 Å². The standard InChI is InChI=1S/C24H25N3O5/c1-15-17(16(2)32-25-15)12-26-7-9-27(10-8-26)13-18-20(28)5-6-21-23(18)19(14-31-21)24(29)22-4-3-11-30-22/h3-6,11,14,28H,7-10,12-13H2,1-2H3. The number of furan rings is 2. The molecule has 1 saturated heterocycles. The molecule has 1 fully saturated rings. The van der Waals surface area contributed by atoms with E-state index in [1.807, 2.05) is 13.8 Å². The molecular weight excluding hydrogens is 410 g/mol. The van der Waals surface area contributed by atoms with Gasteiger partial charge < -0.3 is 18.5 Å². The predicted molar refractivity (Wildman–Crippen MR) is 117 cm³/mol. The normalized spacial score (nSPS) is 15.6. The highest BCUT2D eigenvalue weighted by Crippen LogP contribution is 2.34. The van der Waals surface area contributed by atoms with Gasteiger partial charge in [-0.2, -0.15) is 0 Å². The zero-order chi connectivity index (χ0) is 22.2. The van der Waals surface area contributed by atoms with E-state index in [4.69, 9.17) is 13.4 Å². The molecule has 4 heterocycles. The second-order valence-corrected chi connectivity index (χ2v) is 8.25. The summed E-state index contributed by atoms with van der Waals surface area (Å²) in [6.07, 6.45) is 2.91. The van der Waals surface area contributed by atoms with Crippen LogP contribution < -0.4 is 0 Å². The number of aromatic nitrogens is 1. The summed E-state index contributed by atoms with van der Waals surface area (Å²) in [6, 6.07) is 6.61. The van der Waals surface area contributed by atoms with Crippen molar-refractivity contribution in [3.05, 3.63) is 70.7 Å². The van der Waals surface area contributed by atoms with Crippen molar-refractivity contribution in [2.24, 2.45) is 0 Å². The maximum absolute atomic E-state index is 12.9. The summed E-state index contributed by atoms with van der Waals surface area (Å²) in [4.78, 5) is 17.6. The van der Waals surface area contributed by atoms with E-state index < -0.39 is 0 Å². The molecule has 0 unspecified atom stereocenters. The Kier molecular flexibility index (Phi) is 5.32. The topological polar surface area (TPSA) is 96.1 Å². The number of nitrogens with zero attached hydrogens (tertiary/aromatic N) is 3. The Morgan fingerprint density at radius 3 is 2.38 bits per heavy atom. The van der Waals surface area contributed by atoms with Crippen LogP contribution in [0.5, 0.6) is 5.75 Å². The van der Waals surface area contributed by atoms with Crippen LogP contribution >= 0.6 is 0 Å². The molecule has 0 bridgehead atoms. The monoisotopic (exact) mass is 435 g/mol. The molecule has 1 N–H and O–H groups in total. The van der Waals surface area contributed by atoms with Crippen LogP contribution in [-0.4, -0.2) is 52.0 Å². The largest absolute Gasteiger partial charge is 0.508 e. The molecular formula is C24H25N3O5. The van der Waals surface area contributed by atoms with E-state index in [1.54, 1.807) is 24.3 Å². The summed E-state index contributed by atoms with van der Waals surface area (Å²) in [6.45, 7) is 8.74. The molecule has 8 heteroatoms. The van der Waals surface area contributed by atoms with Gasteiger partial charge in [0.1, 0.15) is 23.4 Å². The molecule has 166 valence electrons. The molecule has 0 radical (unpaired) electrons. The minimum Gasteiger partial charge on any atom is -0.508 e. The summed E-state index contributed by atoms with van der Waals surface area (Å²) in [5, 5.41) is 15.3. The first kappa shape index (κ1) is 20.5. The second-order valence-electron chi connectivity index (χ2n) is 8.25. The van der Waals surface area contributed by atoms with Gasteiger partial charge in [0, 0.05) is 55.8 Å². The molecule has 0 spiro atoms. The fourth-order valence-electron chi connectivity index (χ4n) is 4.34. The van der Waals surface area contributed by atoms with Crippen molar-refractivity contribution in [2.45, 2.75) is 26.9 Å². The highest BCUT2D eigenvalue weighted by Gasteiger charge is 2.25. The summed E-state index contributed by atoms with van der Waals surface area (Å²) >= 11 is 0. The summed E-state index contributed by atoms with van der Waals surface area (Å²) in [5.74, 6) is 1.01. The highest BCUT2D eigenvalue weighted by molar-refractivity contribution is 6.15. The van der Waals surface area contributed by atoms with E-state index in [-0.39, 0.29) is 17.3 Å². The number of ketones is 1. The number of rotatable bonds is 6. The zero-order valence-electron chi connectivity index (χ0n) is 18.1. The molecule has 0 saturated carbocycles. The van der Waals surface area contributed by atoms with Crippen LogP contribution in [0.4, 0.5) is 0 Å². The molecule has 0 atom stereocenters. The van der Waals surface area contributed by atoms with Gasteiger partial charge in [-0.1, -0.05) is 5.16 Å². The number of carbonyl (C=O) groups is 1. The van der Waals surface area contributed by atoms with Crippen LogP contribution in [0.25, 0.3) is 11.0 Å². The van der Waals surface area contributed by atoms with Crippen molar-refractivity contribution in [3.63, 3.8) is 0 Å². The Balaban J connectivity index is 1.34. The lowest BCUT2D eigenvalue weighted by molar-refractivity contribution is 0.101. The molecule has 32 heavy (non-hydrogen) atoms. The van der Waals surface area contributed by atoms with Gasteiger partial charge in [0.15, 0.2) is 5.76 Å². The van der Waals surface area contributed by atoms with Crippen LogP contribution in [0, 0.1) is 13.8 Å². The van der Waals surface area contributed by atoms with Crippen molar-refractivity contribution >= 4 is 16.8 Å². The SMILES string of the molecule is Cc1noc(C)c1CN1CCN(Cc2c(O)ccc3occ(C(=O)c4ccco4)c23)CC1. The average molecular weight is 435 g/mol. The van der Waals surface area contributed by atoms with E-state index in [1.165, 1.54) is 12.5 Å². The number of benzene rings is 1. The Morgan fingerprint density at radius 2 is 1.75 bits per heavy atom. The van der Waals surface area contributed by atoms with Gasteiger partial charge in [-0.05, 0) is 38.1 Å². The quantitative estimate of drug-likeness (QED) is 0.456.